The molecule has 2 N–H and O–H groups in total. The minimum Gasteiger partial charge on any atom is -0.459 e. The zero-order valence-corrected chi connectivity index (χ0v) is 37.3. The number of hydrogen-bond donors (Lipinski definition) is 2. The van der Waals surface area contributed by atoms with Crippen LogP contribution in [0.3, 0.4) is 0 Å². The number of fused-ring (bicyclic) bond motifs is 2. The number of rotatable bonds is 26. The molecule has 2 aliphatic carbocycles. The summed E-state index contributed by atoms with van der Waals surface area (Å²) in [5.41, 5.74) is 5.10. The Bertz CT molecular complexity index is 1730. The number of benzene rings is 2. The molecule has 2 aromatic carbocycles. The number of likely N-dealkylation sites (N-methyl/N-ethyl adjacent to an activating group) is 1. The van der Waals surface area contributed by atoms with Crippen molar-refractivity contribution in [1.29, 1.82) is 0 Å². The largest absolute Gasteiger partial charge is 0.459 e. The molecule has 0 radical (unpaired) electrons. The first-order chi connectivity index (χ1) is 29.2. The average Bonchev–Trinajstić information content (AvgIpc) is 3.24. The number of aliphatic hydroxyl groups is 2. The summed E-state index contributed by atoms with van der Waals surface area (Å²) in [5, 5.41) is 24.4. The van der Waals surface area contributed by atoms with Gasteiger partial charge in [-0.15, -0.1) is 6.58 Å². The third-order valence-electron chi connectivity index (χ3n) is 13.0. The lowest BCUT2D eigenvalue weighted by molar-refractivity contribution is -0.253. The van der Waals surface area contributed by atoms with E-state index in [4.69, 9.17) is 23.8 Å². The van der Waals surface area contributed by atoms with E-state index in [9.17, 15) is 15.0 Å². The predicted octanol–water partition coefficient (Wildman–Crippen LogP) is 11.3. The highest BCUT2D eigenvalue weighted by molar-refractivity contribution is 6.02. The van der Waals surface area contributed by atoms with Crippen LogP contribution >= 0.6 is 0 Å². The number of aliphatic hydroxyl groups excluding tert-OH is 2. The average molecular weight is 831 g/mol. The van der Waals surface area contributed by atoms with Crippen LogP contribution in [-0.2, 0) is 14.3 Å². The molecular formula is C50H74N2O8. The Kier molecular flexibility index (Phi) is 18.8. The smallest absolute Gasteiger partial charge is 0.409 e. The van der Waals surface area contributed by atoms with Crippen LogP contribution in [0.25, 0.3) is 0 Å². The highest BCUT2D eigenvalue weighted by atomic mass is 16.7. The number of unbranched alkanes of at least 4 members (excludes halogenated alkanes) is 11. The van der Waals surface area contributed by atoms with E-state index in [1.807, 2.05) is 18.2 Å². The van der Waals surface area contributed by atoms with Crippen molar-refractivity contribution in [3.63, 3.8) is 0 Å². The molecule has 1 amide bonds. The maximum atomic E-state index is 14.1. The van der Waals surface area contributed by atoms with Crippen LogP contribution in [0.4, 0.5) is 4.79 Å². The van der Waals surface area contributed by atoms with Gasteiger partial charge in [0.25, 0.3) is 0 Å². The monoisotopic (exact) mass is 831 g/mol. The van der Waals surface area contributed by atoms with Gasteiger partial charge in [0.05, 0.1) is 24.8 Å². The van der Waals surface area contributed by atoms with Crippen molar-refractivity contribution in [2.45, 2.75) is 148 Å². The lowest BCUT2D eigenvalue weighted by Gasteiger charge is -2.59. The molecule has 5 rings (SSSR count). The second-order valence-electron chi connectivity index (χ2n) is 17.2. The molecule has 1 aliphatic heterocycles. The zero-order chi connectivity index (χ0) is 42.9. The van der Waals surface area contributed by atoms with Gasteiger partial charge in [0.1, 0.15) is 30.4 Å². The molecule has 3 aliphatic rings. The Morgan fingerprint density at radius 1 is 0.900 bits per heavy atom. The summed E-state index contributed by atoms with van der Waals surface area (Å²) in [7, 11) is 3.33. The van der Waals surface area contributed by atoms with E-state index in [1.165, 1.54) is 50.5 Å². The zero-order valence-electron chi connectivity index (χ0n) is 37.3. The highest BCUT2D eigenvalue weighted by Gasteiger charge is 2.65. The lowest BCUT2D eigenvalue weighted by Crippen LogP contribution is -2.69. The first kappa shape index (κ1) is 47.2. The highest BCUT2D eigenvalue weighted by Crippen LogP contribution is 2.62. The van der Waals surface area contributed by atoms with E-state index in [0.717, 1.165) is 73.1 Å². The molecule has 0 bridgehead atoms. The van der Waals surface area contributed by atoms with E-state index < -0.39 is 17.9 Å². The Balaban J connectivity index is 1.51. The molecule has 10 heteroatoms. The number of amides is 1. The lowest BCUT2D eigenvalue weighted by atomic mass is 9.55. The van der Waals surface area contributed by atoms with Gasteiger partial charge < -0.3 is 38.9 Å². The molecule has 6 atom stereocenters. The van der Waals surface area contributed by atoms with Crippen molar-refractivity contribution in [3.8, 4) is 17.2 Å². The molecule has 1 fully saturated rings. The molecule has 10 nitrogen and oxygen atoms in total. The van der Waals surface area contributed by atoms with E-state index in [-0.39, 0.29) is 43.5 Å². The van der Waals surface area contributed by atoms with Gasteiger partial charge in [0.15, 0.2) is 0 Å². The fourth-order valence-corrected chi connectivity index (χ4v) is 9.79. The summed E-state index contributed by atoms with van der Waals surface area (Å²) in [6.07, 6.45) is 20.8. The number of carbonyl (C=O) groups is 1. The molecule has 332 valence electrons. The first-order valence-electron chi connectivity index (χ1n) is 23.0. The fraction of sp³-hybridized carbons (Fsp3) is 0.640. The summed E-state index contributed by atoms with van der Waals surface area (Å²) in [6, 6.07) is 11.5. The van der Waals surface area contributed by atoms with Gasteiger partial charge in [0, 0.05) is 38.2 Å². The molecule has 0 unspecified atom stereocenters. The second kappa shape index (κ2) is 24.0. The van der Waals surface area contributed by atoms with Gasteiger partial charge in [-0.05, 0) is 105 Å². The molecule has 1 heterocycles. The second-order valence-corrected chi connectivity index (χ2v) is 17.2. The van der Waals surface area contributed by atoms with Crippen molar-refractivity contribution in [2.75, 3.05) is 40.6 Å². The summed E-state index contributed by atoms with van der Waals surface area (Å²) < 4.78 is 26.7. The normalized spacial score (nSPS) is 23.6. The topological polar surface area (TPSA) is 119 Å². The van der Waals surface area contributed by atoms with Crippen LogP contribution in [0.2, 0.25) is 0 Å². The molecule has 1 saturated carbocycles. The van der Waals surface area contributed by atoms with Gasteiger partial charge in [-0.3, -0.25) is 0 Å². The van der Waals surface area contributed by atoms with Crippen LogP contribution in [-0.4, -0.2) is 79.3 Å². The van der Waals surface area contributed by atoms with Crippen LogP contribution < -0.4 is 9.47 Å². The van der Waals surface area contributed by atoms with Crippen molar-refractivity contribution >= 4 is 11.8 Å². The Morgan fingerprint density at radius 3 is 2.23 bits per heavy atom. The van der Waals surface area contributed by atoms with Crippen molar-refractivity contribution in [2.24, 2.45) is 22.9 Å². The third-order valence-corrected chi connectivity index (χ3v) is 13.0. The Hall–Kier alpha value is -3.86. The van der Waals surface area contributed by atoms with E-state index >= 15 is 0 Å². The molecular weight excluding hydrogens is 757 g/mol. The number of hydrogen-bond acceptors (Lipinski definition) is 9. The molecule has 2 aromatic rings. The summed E-state index contributed by atoms with van der Waals surface area (Å²) in [6.45, 7) is 11.2. The number of aryl methyl sites for hydroxylation is 2. The van der Waals surface area contributed by atoms with Gasteiger partial charge in [-0.2, -0.15) is 0 Å². The van der Waals surface area contributed by atoms with Crippen molar-refractivity contribution < 1.29 is 38.8 Å². The van der Waals surface area contributed by atoms with Crippen LogP contribution in [0.1, 0.15) is 139 Å². The Labute approximate surface area is 360 Å². The van der Waals surface area contributed by atoms with E-state index in [0.29, 0.717) is 37.4 Å². The summed E-state index contributed by atoms with van der Waals surface area (Å²) in [4.78, 5) is 21.3. The van der Waals surface area contributed by atoms with Gasteiger partial charge in [-0.25, -0.2) is 4.79 Å². The minimum atomic E-state index is -1.32. The van der Waals surface area contributed by atoms with E-state index in [1.54, 1.807) is 25.1 Å². The quantitative estimate of drug-likeness (QED) is 0.0546. The number of nitrogens with zero attached hydrogens (tertiary/aromatic N) is 2. The third kappa shape index (κ3) is 11.7. The van der Waals surface area contributed by atoms with Crippen LogP contribution in [0.5, 0.6) is 17.2 Å². The number of carbonyl (C=O) groups excluding carboxylic acids is 1. The standard InChI is InChI=1S/C50H74N2O8/c1-7-9-10-11-12-13-14-15-16-21-31-57-49(55)52(5)46-35-44(51-56-6)42-33-38(22-17-19-28-53)41(23-18-20-29-54)47-43-34-40(59-39-25-24-36(3)37(4)32-39)26-27-45(43)60-50(46,48(42)47)58-30-8-2/h8,24-27,32-34,38,41,46-48,53-54H,2,7,9-23,28-31,35H2,1,3-6H3/t38-,41+,46-,47+,48+,50+/m0/s1. The van der Waals surface area contributed by atoms with E-state index in [2.05, 4.69) is 56.8 Å². The van der Waals surface area contributed by atoms with Crippen LogP contribution in [0, 0.1) is 31.6 Å². The molecule has 60 heavy (non-hydrogen) atoms. The molecule has 0 saturated heterocycles. The Morgan fingerprint density at radius 2 is 1.57 bits per heavy atom. The van der Waals surface area contributed by atoms with Crippen molar-refractivity contribution in [3.05, 3.63) is 77.4 Å². The van der Waals surface area contributed by atoms with Gasteiger partial charge in [-0.1, -0.05) is 101 Å². The van der Waals surface area contributed by atoms with Gasteiger partial charge in [0.2, 0.25) is 5.79 Å². The SMILES string of the molecule is C=CCO[C@@]12Oc3ccc(Oc4ccc(C)c(C)c4)cc3[C@H]3[C@H](CCCCO)[C@@H](CCCCO)C=C(C(=NOC)C[C@@H]1N(C)C(=O)OCCCCCCCCCCCC)[C@H]32. The minimum absolute atomic E-state index is 0.117. The van der Waals surface area contributed by atoms with Crippen LogP contribution in [0.15, 0.2) is 65.9 Å². The number of oxime groups is 1. The molecule has 0 spiro atoms. The fourth-order valence-electron chi connectivity index (χ4n) is 9.79. The molecule has 0 aromatic heterocycles. The van der Waals surface area contributed by atoms with Crippen molar-refractivity contribution in [1.82, 2.24) is 4.90 Å². The predicted molar refractivity (Wildman–Crippen MR) is 239 cm³/mol. The summed E-state index contributed by atoms with van der Waals surface area (Å²) in [5.74, 6) is 0.548. The first-order valence-corrected chi connectivity index (χ1v) is 23.0. The van der Waals surface area contributed by atoms with Gasteiger partial charge >= 0.3 is 6.09 Å². The maximum absolute atomic E-state index is 14.1. The maximum Gasteiger partial charge on any atom is 0.409 e. The number of allylic oxidation sites excluding steroid dienone is 1. The summed E-state index contributed by atoms with van der Waals surface area (Å²) >= 11 is 0. The number of ether oxygens (including phenoxy) is 4.